The molecule has 0 amide bonds. The van der Waals surface area contributed by atoms with Gasteiger partial charge >= 0.3 is 0 Å². The molecular weight excluding hydrogens is 289 g/mol. The van der Waals surface area contributed by atoms with Crippen molar-refractivity contribution in [3.05, 3.63) is 50.5 Å². The van der Waals surface area contributed by atoms with Crippen LogP contribution in [0.4, 0.5) is 11.5 Å². The van der Waals surface area contributed by atoms with E-state index in [1.54, 1.807) is 25.2 Å². The van der Waals surface area contributed by atoms with Gasteiger partial charge < -0.3 is 5.32 Å². The minimum absolute atomic E-state index is 0.0173. The number of hydrogen-bond donors (Lipinski definition) is 1. The number of nitro groups is 1. The Hall–Kier alpha value is -1.85. The van der Waals surface area contributed by atoms with Gasteiger partial charge in [0.15, 0.2) is 0 Å². The highest BCUT2D eigenvalue weighted by Crippen LogP contribution is 2.33. The molecule has 7 heteroatoms. The van der Waals surface area contributed by atoms with E-state index < -0.39 is 4.92 Å². The van der Waals surface area contributed by atoms with Crippen LogP contribution in [0.5, 0.6) is 0 Å². The number of hydrogen-bond acceptors (Lipinski definition) is 4. The van der Waals surface area contributed by atoms with Gasteiger partial charge in [0.2, 0.25) is 0 Å². The quantitative estimate of drug-likeness (QED) is 0.686. The molecule has 1 N–H and O–H groups in total. The summed E-state index contributed by atoms with van der Waals surface area (Å²) in [5, 5.41) is 14.3. The average Bonchev–Trinajstić information content (AvgIpc) is 2.39. The smallest absolute Gasteiger partial charge is 0.270 e. The maximum absolute atomic E-state index is 10.8. The number of non-ortho nitro benzene ring substituents is 1. The van der Waals surface area contributed by atoms with Crippen LogP contribution in [0.1, 0.15) is 0 Å². The van der Waals surface area contributed by atoms with Gasteiger partial charge in [0.05, 0.1) is 20.7 Å². The molecule has 0 aliphatic carbocycles. The van der Waals surface area contributed by atoms with Crippen molar-refractivity contribution < 1.29 is 4.92 Å². The SMILES string of the molecule is CNc1nc(-c2cccc([N+](=O)[O-])c2)c(Cl)cc1Cl. The average molecular weight is 298 g/mol. The van der Waals surface area contributed by atoms with Crippen molar-refractivity contribution >= 4 is 34.7 Å². The van der Waals surface area contributed by atoms with E-state index in [4.69, 9.17) is 23.2 Å². The molecule has 2 rings (SSSR count). The van der Waals surface area contributed by atoms with Crippen LogP contribution in [0.2, 0.25) is 10.0 Å². The van der Waals surface area contributed by atoms with E-state index >= 15 is 0 Å². The maximum atomic E-state index is 10.8. The molecule has 0 unspecified atom stereocenters. The summed E-state index contributed by atoms with van der Waals surface area (Å²) in [7, 11) is 1.68. The van der Waals surface area contributed by atoms with Gasteiger partial charge in [-0.05, 0) is 6.07 Å². The highest BCUT2D eigenvalue weighted by molar-refractivity contribution is 6.37. The molecular formula is C12H9Cl2N3O2. The van der Waals surface area contributed by atoms with Crippen LogP contribution >= 0.6 is 23.2 Å². The first kappa shape index (κ1) is 13.6. The molecule has 0 bridgehead atoms. The van der Waals surface area contributed by atoms with Crippen molar-refractivity contribution in [1.82, 2.24) is 4.98 Å². The largest absolute Gasteiger partial charge is 0.372 e. The molecule has 1 heterocycles. The predicted octanol–water partition coefficient (Wildman–Crippen LogP) is 4.01. The van der Waals surface area contributed by atoms with E-state index in [0.717, 1.165) is 0 Å². The van der Waals surface area contributed by atoms with Crippen LogP contribution in [-0.4, -0.2) is 17.0 Å². The Bertz CT molecular complexity index is 647. The molecule has 0 saturated carbocycles. The van der Waals surface area contributed by atoms with Crippen LogP contribution < -0.4 is 5.32 Å². The standard InChI is InChI=1S/C12H9Cl2N3O2/c1-15-12-10(14)6-9(13)11(16-12)7-3-2-4-8(5-7)17(18)19/h2-6H,1H3,(H,15,16). The predicted molar refractivity (Wildman–Crippen MR) is 75.9 cm³/mol. The van der Waals surface area contributed by atoms with E-state index in [1.165, 1.54) is 12.1 Å². The van der Waals surface area contributed by atoms with Gasteiger partial charge in [-0.15, -0.1) is 0 Å². The van der Waals surface area contributed by atoms with Gasteiger partial charge in [-0.1, -0.05) is 35.3 Å². The van der Waals surface area contributed by atoms with Gasteiger partial charge in [0.25, 0.3) is 5.69 Å². The fourth-order valence-corrected chi connectivity index (χ4v) is 2.17. The van der Waals surface area contributed by atoms with Crippen molar-refractivity contribution in [2.45, 2.75) is 0 Å². The third-order valence-corrected chi connectivity index (χ3v) is 3.07. The van der Waals surface area contributed by atoms with Crippen LogP contribution in [0.15, 0.2) is 30.3 Å². The number of pyridine rings is 1. The first-order valence-corrected chi connectivity index (χ1v) is 6.07. The Balaban J connectivity index is 2.58. The van der Waals surface area contributed by atoms with Gasteiger partial charge in [-0.25, -0.2) is 4.98 Å². The monoisotopic (exact) mass is 297 g/mol. The molecule has 0 atom stereocenters. The van der Waals surface area contributed by atoms with E-state index in [0.29, 0.717) is 27.1 Å². The van der Waals surface area contributed by atoms with Crippen LogP contribution in [0.25, 0.3) is 11.3 Å². The van der Waals surface area contributed by atoms with Gasteiger partial charge in [0.1, 0.15) is 5.82 Å². The Morgan fingerprint density at radius 2 is 2.00 bits per heavy atom. The summed E-state index contributed by atoms with van der Waals surface area (Å²) in [5.74, 6) is 0.465. The third-order valence-electron chi connectivity index (χ3n) is 2.50. The van der Waals surface area contributed by atoms with Gasteiger partial charge in [0, 0.05) is 24.7 Å². The zero-order valence-electron chi connectivity index (χ0n) is 9.85. The highest BCUT2D eigenvalue weighted by atomic mass is 35.5. The van der Waals surface area contributed by atoms with Crippen molar-refractivity contribution in [3.8, 4) is 11.3 Å². The Kier molecular flexibility index (Phi) is 3.87. The van der Waals surface area contributed by atoms with E-state index in [2.05, 4.69) is 10.3 Å². The molecule has 0 aliphatic rings. The molecule has 0 fully saturated rings. The topological polar surface area (TPSA) is 68.1 Å². The lowest BCUT2D eigenvalue weighted by atomic mass is 10.1. The summed E-state index contributed by atoms with van der Waals surface area (Å²) >= 11 is 12.0. The molecule has 0 spiro atoms. The Morgan fingerprint density at radius 1 is 1.26 bits per heavy atom. The summed E-state index contributed by atoms with van der Waals surface area (Å²) in [6.07, 6.45) is 0. The summed E-state index contributed by atoms with van der Waals surface area (Å²) in [6.45, 7) is 0. The lowest BCUT2D eigenvalue weighted by Crippen LogP contribution is -1.96. The number of rotatable bonds is 3. The molecule has 0 radical (unpaired) electrons. The molecule has 1 aromatic carbocycles. The number of nitrogens with one attached hydrogen (secondary N) is 1. The molecule has 0 aliphatic heterocycles. The number of aromatic nitrogens is 1. The maximum Gasteiger partial charge on any atom is 0.270 e. The molecule has 0 saturated heterocycles. The normalized spacial score (nSPS) is 10.3. The zero-order valence-corrected chi connectivity index (χ0v) is 11.4. The van der Waals surface area contributed by atoms with Gasteiger partial charge in [-0.2, -0.15) is 0 Å². The fourth-order valence-electron chi connectivity index (χ4n) is 1.61. The fraction of sp³-hybridized carbons (Fsp3) is 0.0833. The number of nitrogens with zero attached hydrogens (tertiary/aromatic N) is 2. The minimum Gasteiger partial charge on any atom is -0.372 e. The van der Waals surface area contributed by atoms with E-state index in [-0.39, 0.29) is 5.69 Å². The van der Waals surface area contributed by atoms with Crippen molar-refractivity contribution in [3.63, 3.8) is 0 Å². The van der Waals surface area contributed by atoms with Crippen LogP contribution in [0.3, 0.4) is 0 Å². The summed E-state index contributed by atoms with van der Waals surface area (Å²) < 4.78 is 0. The highest BCUT2D eigenvalue weighted by Gasteiger charge is 2.13. The lowest BCUT2D eigenvalue weighted by Gasteiger charge is -2.08. The first-order chi connectivity index (χ1) is 9.02. The van der Waals surface area contributed by atoms with Crippen molar-refractivity contribution in [2.75, 3.05) is 12.4 Å². The molecule has 1 aromatic heterocycles. The lowest BCUT2D eigenvalue weighted by molar-refractivity contribution is -0.384. The summed E-state index contributed by atoms with van der Waals surface area (Å²) in [6, 6.07) is 7.66. The summed E-state index contributed by atoms with van der Waals surface area (Å²) in [5.41, 5.74) is 0.989. The van der Waals surface area contributed by atoms with Crippen LogP contribution in [0, 0.1) is 10.1 Å². The molecule has 5 nitrogen and oxygen atoms in total. The third kappa shape index (κ3) is 2.77. The Labute approximate surface area is 119 Å². The second kappa shape index (κ2) is 5.42. The number of anilines is 1. The second-order valence-corrected chi connectivity index (χ2v) is 4.52. The van der Waals surface area contributed by atoms with Crippen molar-refractivity contribution in [1.29, 1.82) is 0 Å². The van der Waals surface area contributed by atoms with Gasteiger partial charge in [-0.3, -0.25) is 10.1 Å². The number of benzene rings is 1. The molecule has 2 aromatic rings. The second-order valence-electron chi connectivity index (χ2n) is 3.71. The minimum atomic E-state index is -0.466. The Morgan fingerprint density at radius 3 is 2.63 bits per heavy atom. The number of nitro benzene ring substituents is 1. The zero-order chi connectivity index (χ0) is 14.0. The molecule has 98 valence electrons. The summed E-state index contributed by atoms with van der Waals surface area (Å²) in [4.78, 5) is 14.6. The van der Waals surface area contributed by atoms with Crippen LogP contribution in [-0.2, 0) is 0 Å². The number of halogens is 2. The first-order valence-electron chi connectivity index (χ1n) is 5.31. The van der Waals surface area contributed by atoms with E-state index in [9.17, 15) is 10.1 Å². The van der Waals surface area contributed by atoms with Crippen molar-refractivity contribution in [2.24, 2.45) is 0 Å². The van der Waals surface area contributed by atoms with E-state index in [1.807, 2.05) is 0 Å². The molecule has 19 heavy (non-hydrogen) atoms.